The van der Waals surface area contributed by atoms with Crippen LogP contribution in [0.25, 0.3) is 0 Å². The summed E-state index contributed by atoms with van der Waals surface area (Å²) in [6, 6.07) is 5.51. The molecule has 1 aliphatic heterocycles. The molecule has 0 unspecified atom stereocenters. The van der Waals surface area contributed by atoms with E-state index < -0.39 is 12.3 Å². The van der Waals surface area contributed by atoms with Crippen molar-refractivity contribution in [3.05, 3.63) is 24.3 Å². The molecule has 4 nitrogen and oxygen atoms in total. The average Bonchev–Trinajstić information content (AvgIpc) is 2.38. The fourth-order valence-corrected chi connectivity index (χ4v) is 2.20. The number of rotatable bonds is 2. The van der Waals surface area contributed by atoms with Crippen molar-refractivity contribution in [2.45, 2.75) is 25.6 Å². The van der Waals surface area contributed by atoms with Crippen molar-refractivity contribution in [1.82, 2.24) is 5.32 Å². The Kier molecular flexibility index (Phi) is 4.36. The Bertz CT molecular complexity index is 453. The first-order valence-corrected chi connectivity index (χ1v) is 6.45. The first kappa shape index (κ1) is 14.5. The minimum absolute atomic E-state index is 0.326. The number of nitrogens with zero attached hydrogens (tertiary/aromatic N) is 1. The minimum Gasteiger partial charge on any atom is -0.372 e. The number of halogens is 3. The summed E-state index contributed by atoms with van der Waals surface area (Å²) < 4.78 is 35.8. The first-order chi connectivity index (χ1) is 9.44. The van der Waals surface area contributed by atoms with Crippen LogP contribution in [0.15, 0.2) is 24.3 Å². The standard InChI is InChI=1S/C13H16F3N3O/c14-13(15,16)18-12(20)17-10-4-6-11(7-5-10)19-8-2-1-3-9-19/h4-7H,1-3,8-9H2,(H2,17,18,20). The van der Waals surface area contributed by atoms with E-state index in [1.165, 1.54) is 6.42 Å². The lowest BCUT2D eigenvalue weighted by Crippen LogP contribution is -2.40. The van der Waals surface area contributed by atoms with E-state index >= 15 is 0 Å². The molecular formula is C13H16F3N3O. The van der Waals surface area contributed by atoms with Crippen molar-refractivity contribution in [3.8, 4) is 0 Å². The molecule has 2 N–H and O–H groups in total. The number of piperidine rings is 1. The molecule has 1 aromatic rings. The number of alkyl halides is 3. The van der Waals surface area contributed by atoms with Crippen LogP contribution >= 0.6 is 0 Å². The van der Waals surface area contributed by atoms with Gasteiger partial charge in [-0.2, -0.15) is 13.2 Å². The normalized spacial score (nSPS) is 15.8. The van der Waals surface area contributed by atoms with E-state index in [1.807, 2.05) is 0 Å². The summed E-state index contributed by atoms with van der Waals surface area (Å²) in [6.45, 7) is 1.97. The van der Waals surface area contributed by atoms with Crippen LogP contribution in [0, 0.1) is 0 Å². The molecule has 0 aromatic heterocycles. The molecule has 0 spiro atoms. The van der Waals surface area contributed by atoms with Crippen molar-refractivity contribution in [3.63, 3.8) is 0 Å². The highest BCUT2D eigenvalue weighted by Crippen LogP contribution is 2.21. The molecule has 1 heterocycles. The number of benzene rings is 1. The average molecular weight is 287 g/mol. The van der Waals surface area contributed by atoms with Crippen LogP contribution in [0.5, 0.6) is 0 Å². The van der Waals surface area contributed by atoms with Gasteiger partial charge in [-0.05, 0) is 43.5 Å². The number of urea groups is 1. The molecule has 1 aliphatic rings. The van der Waals surface area contributed by atoms with Gasteiger partial charge in [0.2, 0.25) is 0 Å². The lowest BCUT2D eigenvalue weighted by Gasteiger charge is -2.28. The summed E-state index contributed by atoms with van der Waals surface area (Å²) in [4.78, 5) is 13.3. The van der Waals surface area contributed by atoms with Gasteiger partial charge in [-0.15, -0.1) is 0 Å². The summed E-state index contributed by atoms with van der Waals surface area (Å²) in [6.07, 6.45) is -1.20. The van der Waals surface area contributed by atoms with Crippen molar-refractivity contribution in [2.75, 3.05) is 23.3 Å². The predicted octanol–water partition coefficient (Wildman–Crippen LogP) is 3.32. The molecule has 1 fully saturated rings. The Balaban J connectivity index is 1.92. The molecule has 0 saturated carbocycles. The summed E-state index contributed by atoms with van der Waals surface area (Å²) in [5, 5.41) is 3.03. The maximum absolute atomic E-state index is 11.9. The third-order valence-electron chi connectivity index (χ3n) is 3.10. The first-order valence-electron chi connectivity index (χ1n) is 6.45. The molecule has 2 rings (SSSR count). The second-order valence-corrected chi connectivity index (χ2v) is 4.67. The van der Waals surface area contributed by atoms with Gasteiger partial charge in [0.05, 0.1) is 0 Å². The van der Waals surface area contributed by atoms with Gasteiger partial charge in [0, 0.05) is 24.5 Å². The zero-order chi connectivity index (χ0) is 14.6. The Morgan fingerprint density at radius 2 is 1.65 bits per heavy atom. The Hall–Kier alpha value is -1.92. The van der Waals surface area contributed by atoms with Crippen LogP contribution in [-0.2, 0) is 0 Å². The Morgan fingerprint density at radius 1 is 1.05 bits per heavy atom. The lowest BCUT2D eigenvalue weighted by molar-refractivity contribution is -0.144. The number of anilines is 2. The van der Waals surface area contributed by atoms with Crippen molar-refractivity contribution in [1.29, 1.82) is 0 Å². The molecule has 0 aliphatic carbocycles. The van der Waals surface area contributed by atoms with E-state index in [-0.39, 0.29) is 0 Å². The van der Waals surface area contributed by atoms with E-state index in [0.29, 0.717) is 5.69 Å². The number of carbonyl (C=O) groups is 1. The van der Waals surface area contributed by atoms with Gasteiger partial charge in [-0.3, -0.25) is 0 Å². The van der Waals surface area contributed by atoms with Crippen LogP contribution in [0.4, 0.5) is 29.3 Å². The zero-order valence-electron chi connectivity index (χ0n) is 10.8. The number of hydrogen-bond acceptors (Lipinski definition) is 2. The monoisotopic (exact) mass is 287 g/mol. The molecule has 0 atom stereocenters. The third kappa shape index (κ3) is 4.32. The molecule has 1 saturated heterocycles. The Labute approximate surface area is 114 Å². The van der Waals surface area contributed by atoms with Crippen LogP contribution in [-0.4, -0.2) is 25.4 Å². The van der Waals surface area contributed by atoms with Gasteiger partial charge in [0.15, 0.2) is 0 Å². The topological polar surface area (TPSA) is 44.4 Å². The van der Waals surface area contributed by atoms with Crippen molar-refractivity contribution in [2.24, 2.45) is 0 Å². The van der Waals surface area contributed by atoms with Crippen LogP contribution < -0.4 is 15.5 Å². The molecule has 0 radical (unpaired) electrons. The van der Waals surface area contributed by atoms with Gasteiger partial charge in [-0.1, -0.05) is 0 Å². The highest BCUT2D eigenvalue weighted by molar-refractivity contribution is 5.89. The highest BCUT2D eigenvalue weighted by atomic mass is 19.4. The fourth-order valence-electron chi connectivity index (χ4n) is 2.20. The van der Waals surface area contributed by atoms with Crippen molar-refractivity contribution < 1.29 is 18.0 Å². The van der Waals surface area contributed by atoms with Gasteiger partial charge >= 0.3 is 12.3 Å². The zero-order valence-corrected chi connectivity index (χ0v) is 10.8. The largest absolute Gasteiger partial charge is 0.485 e. The lowest BCUT2D eigenvalue weighted by atomic mass is 10.1. The van der Waals surface area contributed by atoms with Crippen LogP contribution in [0.2, 0.25) is 0 Å². The molecule has 2 amide bonds. The maximum atomic E-state index is 11.9. The second kappa shape index (κ2) is 6.02. The smallest absolute Gasteiger partial charge is 0.372 e. The second-order valence-electron chi connectivity index (χ2n) is 4.67. The van der Waals surface area contributed by atoms with Gasteiger partial charge < -0.3 is 10.2 Å². The van der Waals surface area contributed by atoms with E-state index in [0.717, 1.165) is 36.9 Å². The van der Waals surface area contributed by atoms with Crippen LogP contribution in [0.3, 0.4) is 0 Å². The highest BCUT2D eigenvalue weighted by Gasteiger charge is 2.29. The predicted molar refractivity (Wildman–Crippen MR) is 70.7 cm³/mol. The number of nitrogens with one attached hydrogen (secondary N) is 2. The van der Waals surface area contributed by atoms with E-state index in [2.05, 4.69) is 10.2 Å². The minimum atomic E-state index is -4.72. The van der Waals surface area contributed by atoms with E-state index in [4.69, 9.17) is 0 Å². The molecular weight excluding hydrogens is 271 g/mol. The van der Waals surface area contributed by atoms with Gasteiger partial charge in [-0.25, -0.2) is 10.1 Å². The molecule has 7 heteroatoms. The quantitative estimate of drug-likeness (QED) is 0.820. The number of hydrogen-bond donors (Lipinski definition) is 2. The SMILES string of the molecule is O=C(Nc1ccc(N2CCCCC2)cc1)NC(F)(F)F. The van der Waals surface area contributed by atoms with E-state index in [1.54, 1.807) is 24.3 Å². The van der Waals surface area contributed by atoms with Gasteiger partial charge in [0.1, 0.15) is 0 Å². The molecule has 20 heavy (non-hydrogen) atoms. The summed E-state index contributed by atoms with van der Waals surface area (Å²) in [7, 11) is 0. The maximum Gasteiger partial charge on any atom is 0.485 e. The summed E-state index contributed by atoms with van der Waals surface area (Å²) in [5.74, 6) is 0. The van der Waals surface area contributed by atoms with Gasteiger partial charge in [0.25, 0.3) is 0 Å². The fraction of sp³-hybridized carbons (Fsp3) is 0.462. The molecule has 1 aromatic carbocycles. The third-order valence-corrected chi connectivity index (χ3v) is 3.10. The summed E-state index contributed by atoms with van der Waals surface area (Å²) >= 11 is 0. The van der Waals surface area contributed by atoms with E-state index in [9.17, 15) is 18.0 Å². The Morgan fingerprint density at radius 3 is 2.20 bits per heavy atom. The number of amides is 2. The number of carbonyl (C=O) groups excluding carboxylic acids is 1. The molecule has 110 valence electrons. The summed E-state index contributed by atoms with van der Waals surface area (Å²) in [5.41, 5.74) is 1.35. The van der Waals surface area contributed by atoms with Crippen molar-refractivity contribution >= 4 is 17.4 Å². The van der Waals surface area contributed by atoms with Crippen LogP contribution in [0.1, 0.15) is 19.3 Å². The molecule has 0 bridgehead atoms.